The average molecular weight is 557 g/mol. The fourth-order valence-electron chi connectivity index (χ4n) is 3.12. The highest BCUT2D eigenvalue weighted by molar-refractivity contribution is 14.1. The van der Waals surface area contributed by atoms with Crippen LogP contribution < -0.4 is 11.4 Å². The van der Waals surface area contributed by atoms with Crippen LogP contribution in [0.15, 0.2) is 34.2 Å². The molecule has 0 aliphatic rings. The quantitative estimate of drug-likeness (QED) is 0.353. The lowest BCUT2D eigenvalue weighted by atomic mass is 10.2. The molecule has 1 atom stereocenters. The number of hydrogen-bond donors (Lipinski definition) is 2. The zero-order chi connectivity index (χ0) is 22.9. The number of rotatable bonds is 6. The molecule has 1 amide bonds. The molecule has 12 heteroatoms. The number of carbonyl (C=O) groups excluding carboxylic acids is 1. The van der Waals surface area contributed by atoms with Crippen molar-refractivity contribution in [2.75, 3.05) is 25.1 Å². The van der Waals surface area contributed by atoms with E-state index in [0.29, 0.717) is 13.0 Å². The number of aromatic nitrogens is 4. The molecule has 10 nitrogen and oxygen atoms in total. The SMILES string of the molecule is CCCN(C)C(=O)n1c(=O)n(Cc2ccc(I)cc2)c2nc(S(=N)(=O)CC)nc(N)c21. The number of nitrogens with two attached hydrogens (primary N) is 1. The Hall–Kier alpha value is -2.48. The number of halogens is 1. The Kier molecular flexibility index (Phi) is 6.69. The molecule has 2 heterocycles. The van der Waals surface area contributed by atoms with Gasteiger partial charge in [0.25, 0.3) is 0 Å². The van der Waals surface area contributed by atoms with Crippen molar-refractivity contribution in [2.24, 2.45) is 0 Å². The van der Waals surface area contributed by atoms with Gasteiger partial charge >= 0.3 is 11.7 Å². The van der Waals surface area contributed by atoms with Gasteiger partial charge < -0.3 is 10.6 Å². The van der Waals surface area contributed by atoms with Gasteiger partial charge in [0, 0.05) is 22.9 Å². The lowest BCUT2D eigenvalue weighted by Crippen LogP contribution is -2.38. The number of benzene rings is 1. The predicted octanol–water partition coefficient (Wildman–Crippen LogP) is 2.56. The number of hydrogen-bond acceptors (Lipinski definition) is 7. The summed E-state index contributed by atoms with van der Waals surface area (Å²) in [4.78, 5) is 36.1. The third kappa shape index (κ3) is 4.44. The van der Waals surface area contributed by atoms with E-state index in [4.69, 9.17) is 10.5 Å². The molecule has 166 valence electrons. The molecule has 0 spiro atoms. The number of amides is 1. The molecule has 0 radical (unpaired) electrons. The number of anilines is 1. The van der Waals surface area contributed by atoms with Crippen LogP contribution in [0.3, 0.4) is 0 Å². The summed E-state index contributed by atoms with van der Waals surface area (Å²) in [5.74, 6) is -0.164. The van der Waals surface area contributed by atoms with Gasteiger partial charge in [0.05, 0.1) is 6.54 Å². The molecule has 0 saturated heterocycles. The molecule has 31 heavy (non-hydrogen) atoms. The normalized spacial score (nSPS) is 13.3. The molecule has 3 N–H and O–H groups in total. The van der Waals surface area contributed by atoms with E-state index in [1.807, 2.05) is 31.2 Å². The van der Waals surface area contributed by atoms with E-state index < -0.39 is 21.4 Å². The maximum Gasteiger partial charge on any atom is 0.339 e. The monoisotopic (exact) mass is 557 g/mol. The highest BCUT2D eigenvalue weighted by Crippen LogP contribution is 2.21. The molecule has 3 aromatic rings. The van der Waals surface area contributed by atoms with E-state index in [2.05, 4.69) is 32.6 Å². The molecule has 1 aromatic carbocycles. The zero-order valence-electron chi connectivity index (χ0n) is 17.5. The van der Waals surface area contributed by atoms with Crippen molar-refractivity contribution in [1.82, 2.24) is 24.0 Å². The second kappa shape index (κ2) is 8.94. The number of nitrogens with zero attached hydrogens (tertiary/aromatic N) is 5. The third-order valence-electron chi connectivity index (χ3n) is 4.81. The maximum absolute atomic E-state index is 13.3. The Morgan fingerprint density at radius 2 is 1.90 bits per heavy atom. The van der Waals surface area contributed by atoms with E-state index in [0.717, 1.165) is 13.7 Å². The van der Waals surface area contributed by atoms with Crippen LogP contribution in [0.5, 0.6) is 0 Å². The lowest BCUT2D eigenvalue weighted by Gasteiger charge is -2.16. The lowest BCUT2D eigenvalue weighted by molar-refractivity contribution is 0.210. The largest absolute Gasteiger partial charge is 0.382 e. The van der Waals surface area contributed by atoms with Gasteiger partial charge in [0.15, 0.2) is 11.5 Å². The van der Waals surface area contributed by atoms with Crippen LogP contribution in [0.2, 0.25) is 0 Å². The van der Waals surface area contributed by atoms with E-state index in [1.54, 1.807) is 14.0 Å². The summed E-state index contributed by atoms with van der Waals surface area (Å²) in [5, 5.41) is -0.247. The topological polar surface area (TPSA) is 140 Å². The van der Waals surface area contributed by atoms with Gasteiger partial charge in [-0.05, 0) is 46.7 Å². The first-order valence-electron chi connectivity index (χ1n) is 9.65. The summed E-state index contributed by atoms with van der Waals surface area (Å²) in [6, 6.07) is 7.00. The minimum atomic E-state index is -3.28. The fourth-order valence-corrected chi connectivity index (χ4v) is 4.22. The maximum atomic E-state index is 13.3. The van der Waals surface area contributed by atoms with Crippen LogP contribution in [0.25, 0.3) is 11.2 Å². The molecule has 0 aliphatic heterocycles. The first-order valence-corrected chi connectivity index (χ1v) is 12.5. The molecule has 0 bridgehead atoms. The summed E-state index contributed by atoms with van der Waals surface area (Å²) in [7, 11) is -1.68. The number of fused-ring (bicyclic) bond motifs is 1. The van der Waals surface area contributed by atoms with Crippen molar-refractivity contribution in [2.45, 2.75) is 32.0 Å². The van der Waals surface area contributed by atoms with Crippen molar-refractivity contribution < 1.29 is 9.00 Å². The van der Waals surface area contributed by atoms with Crippen molar-refractivity contribution in [3.8, 4) is 0 Å². The smallest absolute Gasteiger partial charge is 0.339 e. The Bertz CT molecular complexity index is 1300. The standard InChI is InChI=1S/C19H24IN7O3S/c1-4-10-25(3)18(28)27-14-15(21)23-17(31(22,30)5-2)24-16(14)26(19(27)29)11-12-6-8-13(20)9-7-12/h6-9,22H,4-5,10-11H2,1-3H3,(H2,21,23,24). The third-order valence-corrected chi connectivity index (χ3v) is 7.11. The number of nitrogens with one attached hydrogen (secondary N) is 1. The highest BCUT2D eigenvalue weighted by atomic mass is 127. The number of carbonyl (C=O) groups is 1. The summed E-state index contributed by atoms with van der Waals surface area (Å²) >= 11 is 2.18. The van der Waals surface area contributed by atoms with Crippen LogP contribution in [0.4, 0.5) is 10.6 Å². The van der Waals surface area contributed by atoms with E-state index in [9.17, 15) is 13.8 Å². The summed E-state index contributed by atoms with van der Waals surface area (Å²) in [6.07, 6.45) is 0.714. The summed E-state index contributed by atoms with van der Waals surface area (Å²) in [6.45, 7) is 4.09. The zero-order valence-corrected chi connectivity index (χ0v) is 20.4. The van der Waals surface area contributed by atoms with Crippen LogP contribution in [-0.4, -0.2) is 53.6 Å². The van der Waals surface area contributed by atoms with Crippen LogP contribution in [0.1, 0.15) is 25.8 Å². The molecule has 3 rings (SSSR count). The Morgan fingerprint density at radius 3 is 2.48 bits per heavy atom. The van der Waals surface area contributed by atoms with Gasteiger partial charge in [-0.1, -0.05) is 26.0 Å². The Balaban J connectivity index is 2.32. The molecule has 0 fully saturated rings. The van der Waals surface area contributed by atoms with Crippen LogP contribution in [0, 0.1) is 8.35 Å². The van der Waals surface area contributed by atoms with Gasteiger partial charge in [0.1, 0.15) is 15.2 Å². The molecular weight excluding hydrogens is 533 g/mol. The molecule has 0 aliphatic carbocycles. The fraction of sp³-hybridized carbons (Fsp3) is 0.368. The van der Waals surface area contributed by atoms with Crippen molar-refractivity contribution in [3.63, 3.8) is 0 Å². The van der Waals surface area contributed by atoms with Gasteiger partial charge in [-0.25, -0.2) is 28.1 Å². The van der Waals surface area contributed by atoms with Crippen molar-refractivity contribution in [3.05, 3.63) is 43.9 Å². The average Bonchev–Trinajstić information content (AvgIpc) is 3.01. The van der Waals surface area contributed by atoms with Gasteiger partial charge in [-0.2, -0.15) is 4.98 Å². The Morgan fingerprint density at radius 1 is 1.26 bits per heavy atom. The van der Waals surface area contributed by atoms with Crippen molar-refractivity contribution >= 4 is 55.3 Å². The summed E-state index contributed by atoms with van der Waals surface area (Å²) < 4.78 is 23.9. The van der Waals surface area contributed by atoms with Crippen molar-refractivity contribution in [1.29, 1.82) is 4.78 Å². The number of nitrogen functional groups attached to an aromatic ring is 1. The molecule has 0 saturated carbocycles. The first kappa shape index (κ1) is 23.2. The van der Waals surface area contributed by atoms with Crippen LogP contribution >= 0.6 is 22.6 Å². The summed E-state index contributed by atoms with van der Waals surface area (Å²) in [5.41, 5.74) is 6.45. The number of imidazole rings is 1. The predicted molar refractivity (Wildman–Crippen MR) is 128 cm³/mol. The van der Waals surface area contributed by atoms with Gasteiger partial charge in [-0.15, -0.1) is 0 Å². The minimum Gasteiger partial charge on any atom is -0.382 e. The van der Waals surface area contributed by atoms with E-state index in [-0.39, 0.29) is 34.4 Å². The Labute approximate surface area is 193 Å². The second-order valence-electron chi connectivity index (χ2n) is 7.06. The van der Waals surface area contributed by atoms with Gasteiger partial charge in [0.2, 0.25) is 5.16 Å². The van der Waals surface area contributed by atoms with Gasteiger partial charge in [-0.3, -0.25) is 4.57 Å². The minimum absolute atomic E-state index is 0.00181. The highest BCUT2D eigenvalue weighted by Gasteiger charge is 2.27. The van der Waals surface area contributed by atoms with E-state index >= 15 is 0 Å². The molecule has 2 aromatic heterocycles. The van der Waals surface area contributed by atoms with E-state index in [1.165, 1.54) is 9.47 Å². The van der Waals surface area contributed by atoms with Crippen LogP contribution in [-0.2, 0) is 16.3 Å². The molecule has 1 unspecified atom stereocenters. The second-order valence-corrected chi connectivity index (χ2v) is 10.6. The first-order chi connectivity index (χ1) is 14.6. The molecular formula is C19H24IN7O3S.